The lowest BCUT2D eigenvalue weighted by molar-refractivity contribution is -0.123. The first-order valence-corrected chi connectivity index (χ1v) is 6.12. The van der Waals surface area contributed by atoms with E-state index < -0.39 is 0 Å². The Morgan fingerprint density at radius 2 is 2.29 bits per heavy atom. The zero-order valence-corrected chi connectivity index (χ0v) is 10.1. The van der Waals surface area contributed by atoms with Crippen molar-refractivity contribution in [3.63, 3.8) is 0 Å². The highest BCUT2D eigenvalue weighted by Crippen LogP contribution is 2.35. The highest BCUT2D eigenvalue weighted by atomic mass is 16.5. The van der Waals surface area contributed by atoms with Gasteiger partial charge in [0.25, 0.3) is 0 Å². The number of Topliss-reactive ketones (excluding diaryl/α,β-unsaturated/α-hetero) is 1. The Morgan fingerprint density at radius 3 is 3.12 bits per heavy atom. The van der Waals surface area contributed by atoms with Crippen LogP contribution in [0, 0.1) is 0 Å². The molecule has 1 aliphatic heterocycles. The molecular formula is C14H18O3. The predicted octanol–water partition coefficient (Wildman–Crippen LogP) is 2.55. The molecule has 0 amide bonds. The van der Waals surface area contributed by atoms with Gasteiger partial charge in [0, 0.05) is 13.0 Å². The van der Waals surface area contributed by atoms with E-state index in [1.807, 2.05) is 31.2 Å². The smallest absolute Gasteiger partial charge is 0.159 e. The molecule has 0 aliphatic carbocycles. The van der Waals surface area contributed by atoms with Gasteiger partial charge < -0.3 is 9.47 Å². The highest BCUT2D eigenvalue weighted by Gasteiger charge is 2.23. The molecule has 0 saturated heterocycles. The van der Waals surface area contributed by atoms with E-state index >= 15 is 0 Å². The summed E-state index contributed by atoms with van der Waals surface area (Å²) < 4.78 is 10.7. The van der Waals surface area contributed by atoms with Crippen LogP contribution >= 0.6 is 0 Å². The second kappa shape index (κ2) is 5.82. The van der Waals surface area contributed by atoms with Gasteiger partial charge >= 0.3 is 0 Å². The molecule has 92 valence electrons. The van der Waals surface area contributed by atoms with E-state index in [0.29, 0.717) is 19.6 Å². The Morgan fingerprint density at radius 1 is 1.47 bits per heavy atom. The van der Waals surface area contributed by atoms with Gasteiger partial charge in [-0.2, -0.15) is 0 Å². The molecule has 0 bridgehead atoms. The third-order valence-electron chi connectivity index (χ3n) is 3.02. The first-order chi connectivity index (χ1) is 8.31. The third kappa shape index (κ3) is 3.07. The van der Waals surface area contributed by atoms with Crippen molar-refractivity contribution >= 4 is 5.78 Å². The van der Waals surface area contributed by atoms with Crippen LogP contribution in [0.15, 0.2) is 24.3 Å². The Bertz CT molecular complexity index is 387. The summed E-state index contributed by atoms with van der Waals surface area (Å²) in [6.07, 6.45) is 1.47. The summed E-state index contributed by atoms with van der Waals surface area (Å²) in [5.41, 5.74) is 1.16. The van der Waals surface area contributed by atoms with Gasteiger partial charge in [-0.25, -0.2) is 0 Å². The number of hydrogen-bond donors (Lipinski definition) is 0. The van der Waals surface area contributed by atoms with E-state index in [1.54, 1.807) is 0 Å². The van der Waals surface area contributed by atoms with Gasteiger partial charge in [0.15, 0.2) is 5.78 Å². The number of rotatable bonds is 5. The van der Waals surface area contributed by atoms with Crippen LogP contribution < -0.4 is 4.74 Å². The molecule has 3 nitrogen and oxygen atoms in total. The lowest BCUT2D eigenvalue weighted by Gasteiger charge is -2.25. The minimum atomic E-state index is 0.175. The topological polar surface area (TPSA) is 35.5 Å². The second-order valence-electron chi connectivity index (χ2n) is 4.25. The number of carbonyl (C=O) groups is 1. The first-order valence-electron chi connectivity index (χ1n) is 6.12. The lowest BCUT2D eigenvalue weighted by atomic mass is 9.89. The number of carbonyl (C=O) groups excluding carboxylic acids is 1. The molecule has 1 heterocycles. The largest absolute Gasteiger partial charge is 0.493 e. The van der Waals surface area contributed by atoms with Crippen molar-refractivity contribution in [2.75, 3.05) is 19.8 Å². The molecule has 1 aliphatic rings. The van der Waals surface area contributed by atoms with Crippen molar-refractivity contribution in [3.8, 4) is 5.75 Å². The lowest BCUT2D eigenvalue weighted by Crippen LogP contribution is -2.19. The quantitative estimate of drug-likeness (QED) is 0.785. The fourth-order valence-electron chi connectivity index (χ4n) is 2.18. The summed E-state index contributed by atoms with van der Waals surface area (Å²) >= 11 is 0. The Labute approximate surface area is 102 Å². The van der Waals surface area contributed by atoms with Gasteiger partial charge in [-0.15, -0.1) is 0 Å². The molecule has 0 saturated carbocycles. The van der Waals surface area contributed by atoms with E-state index in [1.165, 1.54) is 0 Å². The SMILES string of the molecule is CCOCC(=O)CC1CCOc2ccccc21. The van der Waals surface area contributed by atoms with Crippen LogP contribution in [0.1, 0.15) is 31.2 Å². The summed E-state index contributed by atoms with van der Waals surface area (Å²) in [5.74, 6) is 1.38. The van der Waals surface area contributed by atoms with Gasteiger partial charge in [-0.05, 0) is 30.9 Å². The molecule has 0 spiro atoms. The number of ether oxygens (including phenoxy) is 2. The monoisotopic (exact) mass is 234 g/mol. The first kappa shape index (κ1) is 12.1. The van der Waals surface area contributed by atoms with Crippen LogP contribution in [0.4, 0.5) is 0 Å². The Hall–Kier alpha value is -1.35. The molecule has 0 aromatic heterocycles. The van der Waals surface area contributed by atoms with Crippen LogP contribution in [0.25, 0.3) is 0 Å². The number of hydrogen-bond acceptors (Lipinski definition) is 3. The summed E-state index contributed by atoms with van der Waals surface area (Å²) in [7, 11) is 0. The summed E-state index contributed by atoms with van der Waals surface area (Å²) in [4.78, 5) is 11.7. The Kier molecular flexibility index (Phi) is 4.15. The van der Waals surface area contributed by atoms with Crippen molar-refractivity contribution in [1.29, 1.82) is 0 Å². The molecule has 2 rings (SSSR count). The highest BCUT2D eigenvalue weighted by molar-refractivity contribution is 5.80. The van der Waals surface area contributed by atoms with Gasteiger partial charge in [-0.1, -0.05) is 18.2 Å². The van der Waals surface area contributed by atoms with Crippen molar-refractivity contribution in [1.82, 2.24) is 0 Å². The molecule has 1 aromatic carbocycles. The van der Waals surface area contributed by atoms with Crippen LogP contribution in [0.5, 0.6) is 5.75 Å². The summed E-state index contributed by atoms with van der Waals surface area (Å²) in [5, 5.41) is 0. The fourth-order valence-corrected chi connectivity index (χ4v) is 2.18. The molecule has 3 heteroatoms. The van der Waals surface area contributed by atoms with Gasteiger partial charge in [0.05, 0.1) is 6.61 Å². The standard InChI is InChI=1S/C14H18O3/c1-2-16-10-12(15)9-11-7-8-17-14-6-4-3-5-13(11)14/h3-6,11H,2,7-10H2,1H3. The van der Waals surface area contributed by atoms with E-state index in [0.717, 1.165) is 17.7 Å². The molecule has 17 heavy (non-hydrogen) atoms. The van der Waals surface area contributed by atoms with Crippen LogP contribution in [0.2, 0.25) is 0 Å². The van der Waals surface area contributed by atoms with Gasteiger partial charge in [0.2, 0.25) is 0 Å². The number of fused-ring (bicyclic) bond motifs is 1. The average molecular weight is 234 g/mol. The normalized spacial score (nSPS) is 18.3. The predicted molar refractivity (Wildman–Crippen MR) is 65.4 cm³/mol. The maximum atomic E-state index is 11.7. The number of para-hydroxylation sites is 1. The van der Waals surface area contributed by atoms with Crippen molar-refractivity contribution in [2.45, 2.75) is 25.7 Å². The minimum Gasteiger partial charge on any atom is -0.493 e. The molecule has 0 radical (unpaired) electrons. The van der Waals surface area contributed by atoms with Crippen LogP contribution in [0.3, 0.4) is 0 Å². The zero-order chi connectivity index (χ0) is 12.1. The summed E-state index contributed by atoms with van der Waals surface area (Å²) in [6.45, 7) is 3.42. The van der Waals surface area contributed by atoms with Crippen molar-refractivity contribution in [3.05, 3.63) is 29.8 Å². The molecular weight excluding hydrogens is 216 g/mol. The molecule has 0 N–H and O–H groups in total. The molecule has 1 atom stereocenters. The fraction of sp³-hybridized carbons (Fsp3) is 0.500. The number of ketones is 1. The second-order valence-corrected chi connectivity index (χ2v) is 4.25. The zero-order valence-electron chi connectivity index (χ0n) is 10.1. The molecule has 0 fully saturated rings. The summed E-state index contributed by atoms with van der Waals surface area (Å²) in [6, 6.07) is 7.97. The van der Waals surface area contributed by atoms with E-state index in [4.69, 9.17) is 9.47 Å². The van der Waals surface area contributed by atoms with E-state index in [9.17, 15) is 4.79 Å². The van der Waals surface area contributed by atoms with Crippen molar-refractivity contribution < 1.29 is 14.3 Å². The maximum absolute atomic E-state index is 11.7. The molecule has 1 unspecified atom stereocenters. The number of benzene rings is 1. The Balaban J connectivity index is 2.01. The maximum Gasteiger partial charge on any atom is 0.159 e. The van der Waals surface area contributed by atoms with Gasteiger partial charge in [-0.3, -0.25) is 4.79 Å². The van der Waals surface area contributed by atoms with E-state index in [-0.39, 0.29) is 18.3 Å². The van der Waals surface area contributed by atoms with Crippen LogP contribution in [-0.4, -0.2) is 25.6 Å². The van der Waals surface area contributed by atoms with E-state index in [2.05, 4.69) is 0 Å². The minimum absolute atomic E-state index is 0.175. The van der Waals surface area contributed by atoms with Gasteiger partial charge in [0.1, 0.15) is 12.4 Å². The van der Waals surface area contributed by atoms with Crippen LogP contribution in [-0.2, 0) is 9.53 Å². The third-order valence-corrected chi connectivity index (χ3v) is 3.02. The molecule has 1 aromatic rings. The van der Waals surface area contributed by atoms with Crippen molar-refractivity contribution in [2.24, 2.45) is 0 Å². The average Bonchev–Trinajstić information content (AvgIpc) is 2.37.